The molecule has 0 aliphatic heterocycles. The van der Waals surface area contributed by atoms with Gasteiger partial charge in [0.15, 0.2) is 0 Å². The van der Waals surface area contributed by atoms with Gasteiger partial charge in [0.2, 0.25) is 0 Å². The minimum absolute atomic E-state index is 0.0265. The Balaban J connectivity index is 1.72. The molecule has 0 aromatic carbocycles. The summed E-state index contributed by atoms with van der Waals surface area (Å²) in [5.74, 6) is -0.342. The predicted octanol–water partition coefficient (Wildman–Crippen LogP) is 1.23. The van der Waals surface area contributed by atoms with Crippen LogP contribution in [0.5, 0.6) is 0 Å². The molecule has 2 heterocycles. The molecule has 7 heteroatoms. The number of nitrogens with one attached hydrogen (secondary N) is 2. The van der Waals surface area contributed by atoms with Gasteiger partial charge in [-0.2, -0.15) is 5.10 Å². The standard InChI is InChI=1S/C16H21N5O2/c1-11(21-10-17-9-19-21)8-18-15(22)13-7-12-5-3-2-4-6-14(12)20-16(13)23/h7,9-11H,2-6,8H2,1H3,(H,18,22)(H,20,23). The van der Waals surface area contributed by atoms with Crippen LogP contribution in [0.1, 0.15) is 53.8 Å². The molecule has 0 fully saturated rings. The van der Waals surface area contributed by atoms with Crippen LogP contribution in [-0.2, 0) is 12.8 Å². The Kier molecular flexibility index (Phi) is 4.55. The van der Waals surface area contributed by atoms with E-state index in [1.807, 2.05) is 6.92 Å². The Hall–Kier alpha value is -2.44. The third-order valence-corrected chi connectivity index (χ3v) is 4.28. The highest BCUT2D eigenvalue weighted by Crippen LogP contribution is 2.18. The van der Waals surface area contributed by atoms with Crippen molar-refractivity contribution in [3.05, 3.63) is 45.9 Å². The smallest absolute Gasteiger partial charge is 0.261 e. The fourth-order valence-electron chi connectivity index (χ4n) is 2.89. The van der Waals surface area contributed by atoms with Crippen LogP contribution in [0.2, 0.25) is 0 Å². The fourth-order valence-corrected chi connectivity index (χ4v) is 2.89. The molecule has 1 amide bonds. The van der Waals surface area contributed by atoms with E-state index in [9.17, 15) is 9.59 Å². The maximum absolute atomic E-state index is 12.3. The number of aromatic amines is 1. The molecule has 0 bridgehead atoms. The summed E-state index contributed by atoms with van der Waals surface area (Å²) in [6.07, 6.45) is 8.21. The molecule has 0 saturated carbocycles. The molecular formula is C16H21N5O2. The van der Waals surface area contributed by atoms with Crippen molar-refractivity contribution < 1.29 is 4.79 Å². The van der Waals surface area contributed by atoms with E-state index in [0.717, 1.165) is 43.4 Å². The van der Waals surface area contributed by atoms with Crippen molar-refractivity contribution in [1.29, 1.82) is 0 Å². The highest BCUT2D eigenvalue weighted by Gasteiger charge is 2.17. The molecule has 0 saturated heterocycles. The summed E-state index contributed by atoms with van der Waals surface area (Å²) in [5, 5.41) is 6.84. The molecule has 1 unspecified atom stereocenters. The van der Waals surface area contributed by atoms with Gasteiger partial charge >= 0.3 is 0 Å². The van der Waals surface area contributed by atoms with Crippen molar-refractivity contribution in [3.63, 3.8) is 0 Å². The van der Waals surface area contributed by atoms with E-state index in [-0.39, 0.29) is 23.1 Å². The first kappa shape index (κ1) is 15.5. The molecule has 122 valence electrons. The Bertz CT molecular complexity index is 735. The van der Waals surface area contributed by atoms with Gasteiger partial charge < -0.3 is 10.3 Å². The van der Waals surface area contributed by atoms with E-state index in [1.54, 1.807) is 17.1 Å². The number of aromatic nitrogens is 4. The third-order valence-electron chi connectivity index (χ3n) is 4.28. The highest BCUT2D eigenvalue weighted by molar-refractivity contribution is 5.94. The Morgan fingerprint density at radius 1 is 1.39 bits per heavy atom. The third kappa shape index (κ3) is 3.49. The molecule has 1 atom stereocenters. The summed E-state index contributed by atoms with van der Waals surface area (Å²) in [5.41, 5.74) is 1.96. The van der Waals surface area contributed by atoms with Gasteiger partial charge in [0, 0.05) is 12.2 Å². The second kappa shape index (κ2) is 6.76. The Morgan fingerprint density at radius 2 is 2.22 bits per heavy atom. The van der Waals surface area contributed by atoms with Crippen molar-refractivity contribution in [1.82, 2.24) is 25.1 Å². The lowest BCUT2D eigenvalue weighted by atomic mass is 10.1. The van der Waals surface area contributed by atoms with Gasteiger partial charge in [-0.15, -0.1) is 0 Å². The zero-order chi connectivity index (χ0) is 16.2. The van der Waals surface area contributed by atoms with E-state index in [2.05, 4.69) is 20.4 Å². The number of aryl methyl sites for hydroxylation is 2. The van der Waals surface area contributed by atoms with Crippen LogP contribution < -0.4 is 10.9 Å². The second-order valence-electron chi connectivity index (χ2n) is 6.01. The van der Waals surface area contributed by atoms with Crippen LogP contribution in [-0.4, -0.2) is 32.2 Å². The van der Waals surface area contributed by atoms with Crippen molar-refractivity contribution in [2.24, 2.45) is 0 Å². The maximum Gasteiger partial charge on any atom is 0.261 e. The zero-order valence-corrected chi connectivity index (χ0v) is 13.2. The molecule has 3 rings (SSSR count). The van der Waals surface area contributed by atoms with Crippen LogP contribution in [0.3, 0.4) is 0 Å². The molecular weight excluding hydrogens is 294 g/mol. The first-order valence-electron chi connectivity index (χ1n) is 8.02. The quantitative estimate of drug-likeness (QED) is 0.830. The van der Waals surface area contributed by atoms with Gasteiger partial charge in [-0.3, -0.25) is 9.59 Å². The largest absolute Gasteiger partial charge is 0.350 e. The van der Waals surface area contributed by atoms with E-state index >= 15 is 0 Å². The van der Waals surface area contributed by atoms with E-state index in [1.165, 1.54) is 6.33 Å². The van der Waals surface area contributed by atoms with E-state index in [0.29, 0.717) is 6.54 Å². The molecule has 2 N–H and O–H groups in total. The summed E-state index contributed by atoms with van der Waals surface area (Å²) >= 11 is 0. The summed E-state index contributed by atoms with van der Waals surface area (Å²) in [4.78, 5) is 31.3. The minimum Gasteiger partial charge on any atom is -0.350 e. The fraction of sp³-hybridized carbons (Fsp3) is 0.500. The van der Waals surface area contributed by atoms with Crippen LogP contribution in [0.15, 0.2) is 23.5 Å². The SMILES string of the molecule is CC(CNC(=O)c1cc2c([nH]c1=O)CCCCC2)n1cncn1. The van der Waals surface area contributed by atoms with Gasteiger partial charge in [-0.1, -0.05) is 6.42 Å². The average molecular weight is 315 g/mol. The van der Waals surface area contributed by atoms with Gasteiger partial charge in [0.25, 0.3) is 11.5 Å². The lowest BCUT2D eigenvalue weighted by Gasteiger charge is -2.13. The highest BCUT2D eigenvalue weighted by atomic mass is 16.2. The predicted molar refractivity (Wildman–Crippen MR) is 85.4 cm³/mol. The van der Waals surface area contributed by atoms with Gasteiger partial charge in [0.1, 0.15) is 18.2 Å². The van der Waals surface area contributed by atoms with Gasteiger partial charge in [-0.05, 0) is 44.2 Å². The maximum atomic E-state index is 12.3. The molecule has 7 nitrogen and oxygen atoms in total. The number of hydrogen-bond acceptors (Lipinski definition) is 4. The molecule has 2 aromatic rings. The minimum atomic E-state index is -0.342. The topological polar surface area (TPSA) is 92.7 Å². The first-order chi connectivity index (χ1) is 11.1. The normalized spacial score (nSPS) is 15.5. The zero-order valence-electron chi connectivity index (χ0n) is 13.2. The van der Waals surface area contributed by atoms with Crippen LogP contribution in [0.25, 0.3) is 0 Å². The Labute approximate surface area is 134 Å². The van der Waals surface area contributed by atoms with Crippen molar-refractivity contribution in [2.45, 2.75) is 45.1 Å². The molecule has 23 heavy (non-hydrogen) atoms. The van der Waals surface area contributed by atoms with Crippen molar-refractivity contribution >= 4 is 5.91 Å². The summed E-state index contributed by atoms with van der Waals surface area (Å²) in [6, 6.07) is 1.73. The number of rotatable bonds is 4. The monoisotopic (exact) mass is 315 g/mol. The number of pyridine rings is 1. The van der Waals surface area contributed by atoms with E-state index in [4.69, 9.17) is 0 Å². The Morgan fingerprint density at radius 3 is 3.00 bits per heavy atom. The van der Waals surface area contributed by atoms with Crippen molar-refractivity contribution in [3.8, 4) is 0 Å². The lowest BCUT2D eigenvalue weighted by molar-refractivity contribution is 0.0946. The van der Waals surface area contributed by atoms with Gasteiger partial charge in [0.05, 0.1) is 6.04 Å². The molecule has 0 radical (unpaired) electrons. The number of H-pyrrole nitrogens is 1. The summed E-state index contributed by atoms with van der Waals surface area (Å²) in [7, 11) is 0. The molecule has 1 aliphatic carbocycles. The molecule has 1 aliphatic rings. The summed E-state index contributed by atoms with van der Waals surface area (Å²) in [6.45, 7) is 2.31. The van der Waals surface area contributed by atoms with Crippen LogP contribution >= 0.6 is 0 Å². The van der Waals surface area contributed by atoms with Crippen molar-refractivity contribution in [2.75, 3.05) is 6.54 Å². The molecule has 0 spiro atoms. The summed E-state index contributed by atoms with van der Waals surface area (Å²) < 4.78 is 1.67. The van der Waals surface area contributed by atoms with Crippen LogP contribution in [0.4, 0.5) is 0 Å². The lowest BCUT2D eigenvalue weighted by Crippen LogP contribution is -2.34. The number of amides is 1. The number of carbonyl (C=O) groups is 1. The number of nitrogens with zero attached hydrogens (tertiary/aromatic N) is 3. The molecule has 2 aromatic heterocycles. The van der Waals surface area contributed by atoms with E-state index < -0.39 is 0 Å². The van der Waals surface area contributed by atoms with Crippen LogP contribution in [0, 0.1) is 0 Å². The first-order valence-corrected chi connectivity index (χ1v) is 8.02. The average Bonchev–Trinajstić information content (AvgIpc) is 2.99. The number of hydrogen-bond donors (Lipinski definition) is 2. The van der Waals surface area contributed by atoms with Gasteiger partial charge in [-0.25, -0.2) is 9.67 Å². The second-order valence-corrected chi connectivity index (χ2v) is 6.01. The number of carbonyl (C=O) groups excluding carboxylic acids is 1. The number of fused-ring (bicyclic) bond motifs is 1.